The maximum absolute atomic E-state index is 10.9. The molecule has 5 nitrogen and oxygen atoms in total. The Hall–Kier alpha value is -1.78. The van der Waals surface area contributed by atoms with Crippen molar-refractivity contribution in [2.45, 2.75) is 33.2 Å². The molecular weight excluding hydrogens is 230 g/mol. The van der Waals surface area contributed by atoms with Crippen molar-refractivity contribution in [1.82, 2.24) is 0 Å². The molecule has 1 aromatic carbocycles. The van der Waals surface area contributed by atoms with E-state index in [1.54, 1.807) is 12.1 Å². The molecule has 0 aliphatic rings. The van der Waals surface area contributed by atoms with E-state index in [0.717, 1.165) is 24.3 Å². The van der Waals surface area contributed by atoms with Crippen molar-refractivity contribution in [2.75, 3.05) is 23.8 Å². The van der Waals surface area contributed by atoms with Crippen molar-refractivity contribution in [3.8, 4) is 0 Å². The highest BCUT2D eigenvalue weighted by molar-refractivity contribution is 5.64. The van der Waals surface area contributed by atoms with Gasteiger partial charge in [-0.05, 0) is 26.3 Å². The summed E-state index contributed by atoms with van der Waals surface area (Å²) < 4.78 is 0. The Bertz CT molecular complexity index is 419. The maximum atomic E-state index is 10.9. The highest BCUT2D eigenvalue weighted by atomic mass is 16.6. The molecule has 0 aromatic heterocycles. The van der Waals surface area contributed by atoms with Gasteiger partial charge in [0.2, 0.25) is 0 Å². The molecule has 1 N–H and O–H groups in total. The summed E-state index contributed by atoms with van der Waals surface area (Å²) in [5.74, 6) is 0. The third kappa shape index (κ3) is 3.61. The molecular formula is C13H21N3O2. The average Bonchev–Trinajstić information content (AvgIpc) is 2.34. The van der Waals surface area contributed by atoms with Gasteiger partial charge in [0.05, 0.1) is 4.92 Å². The van der Waals surface area contributed by atoms with Crippen molar-refractivity contribution < 1.29 is 4.92 Å². The number of nitro benzene ring substituents is 1. The van der Waals surface area contributed by atoms with Gasteiger partial charge in [-0.2, -0.15) is 0 Å². The van der Waals surface area contributed by atoms with Gasteiger partial charge in [0, 0.05) is 43.1 Å². The average molecular weight is 251 g/mol. The molecule has 0 bridgehead atoms. The highest BCUT2D eigenvalue weighted by Crippen LogP contribution is 2.27. The molecule has 0 aliphatic carbocycles. The van der Waals surface area contributed by atoms with E-state index < -0.39 is 0 Å². The van der Waals surface area contributed by atoms with Crippen LogP contribution in [0.15, 0.2) is 18.2 Å². The molecule has 0 spiro atoms. The molecule has 0 fully saturated rings. The molecule has 18 heavy (non-hydrogen) atoms. The molecule has 1 rings (SSSR count). The normalized spacial score (nSPS) is 10.5. The zero-order valence-corrected chi connectivity index (χ0v) is 11.4. The van der Waals surface area contributed by atoms with Crippen LogP contribution in [0, 0.1) is 10.1 Å². The predicted octanol–water partition coefficient (Wildman–Crippen LogP) is 3.26. The van der Waals surface area contributed by atoms with Gasteiger partial charge in [0.1, 0.15) is 0 Å². The van der Waals surface area contributed by atoms with Crippen LogP contribution in [0.25, 0.3) is 0 Å². The Morgan fingerprint density at radius 3 is 2.56 bits per heavy atom. The lowest BCUT2D eigenvalue weighted by Gasteiger charge is -2.24. The Morgan fingerprint density at radius 1 is 1.39 bits per heavy atom. The van der Waals surface area contributed by atoms with Gasteiger partial charge in [0.15, 0.2) is 0 Å². The second kappa shape index (κ2) is 6.23. The Kier molecular flexibility index (Phi) is 4.95. The van der Waals surface area contributed by atoms with Crippen LogP contribution in [0.3, 0.4) is 0 Å². The summed E-state index contributed by atoms with van der Waals surface area (Å²) in [5.41, 5.74) is 1.78. The quantitative estimate of drug-likeness (QED) is 0.622. The summed E-state index contributed by atoms with van der Waals surface area (Å²) in [6.45, 7) is 6.98. The first-order valence-electron chi connectivity index (χ1n) is 6.22. The molecule has 0 saturated carbocycles. The molecule has 0 aliphatic heterocycles. The lowest BCUT2D eigenvalue weighted by molar-refractivity contribution is -0.384. The summed E-state index contributed by atoms with van der Waals surface area (Å²) in [6, 6.07) is 5.43. The summed E-state index contributed by atoms with van der Waals surface area (Å²) in [5, 5.41) is 14.1. The van der Waals surface area contributed by atoms with Gasteiger partial charge in [-0.25, -0.2) is 0 Å². The summed E-state index contributed by atoms with van der Waals surface area (Å²) in [4.78, 5) is 12.6. The van der Waals surface area contributed by atoms with Gasteiger partial charge < -0.3 is 10.2 Å². The lowest BCUT2D eigenvalue weighted by atomic mass is 10.2. The van der Waals surface area contributed by atoms with E-state index in [9.17, 15) is 10.1 Å². The summed E-state index contributed by atoms with van der Waals surface area (Å²) in [7, 11) is 1.94. The minimum absolute atomic E-state index is 0.124. The first kappa shape index (κ1) is 14.3. The number of nitro groups is 1. The van der Waals surface area contributed by atoms with Gasteiger partial charge in [0.25, 0.3) is 5.69 Å². The maximum Gasteiger partial charge on any atom is 0.273 e. The van der Waals surface area contributed by atoms with E-state index >= 15 is 0 Å². The first-order valence-corrected chi connectivity index (χ1v) is 6.22. The number of benzene rings is 1. The Morgan fingerprint density at radius 2 is 2.06 bits per heavy atom. The largest absolute Gasteiger partial charge is 0.385 e. The van der Waals surface area contributed by atoms with Crippen LogP contribution in [0.1, 0.15) is 27.2 Å². The molecule has 0 atom stereocenters. The van der Waals surface area contributed by atoms with E-state index in [2.05, 4.69) is 26.1 Å². The van der Waals surface area contributed by atoms with E-state index in [1.807, 2.05) is 18.0 Å². The van der Waals surface area contributed by atoms with Crippen molar-refractivity contribution in [3.05, 3.63) is 28.3 Å². The summed E-state index contributed by atoms with van der Waals surface area (Å²) >= 11 is 0. The number of rotatable bonds is 6. The number of anilines is 2. The highest BCUT2D eigenvalue weighted by Gasteiger charge is 2.13. The molecule has 0 saturated heterocycles. The van der Waals surface area contributed by atoms with Crippen molar-refractivity contribution in [2.24, 2.45) is 0 Å². The second-order valence-corrected chi connectivity index (χ2v) is 4.63. The van der Waals surface area contributed by atoms with Gasteiger partial charge in [-0.1, -0.05) is 6.92 Å². The van der Waals surface area contributed by atoms with E-state index in [-0.39, 0.29) is 10.6 Å². The topological polar surface area (TPSA) is 58.4 Å². The molecule has 1 aromatic rings. The fourth-order valence-corrected chi connectivity index (χ4v) is 1.57. The number of nitrogens with zero attached hydrogens (tertiary/aromatic N) is 2. The minimum atomic E-state index is -0.352. The van der Waals surface area contributed by atoms with Crippen LogP contribution in [0.4, 0.5) is 17.1 Å². The molecule has 0 amide bonds. The van der Waals surface area contributed by atoms with E-state index in [4.69, 9.17) is 0 Å². The van der Waals surface area contributed by atoms with Crippen LogP contribution in [0.2, 0.25) is 0 Å². The van der Waals surface area contributed by atoms with E-state index in [0.29, 0.717) is 6.04 Å². The number of nitrogens with one attached hydrogen (secondary N) is 1. The van der Waals surface area contributed by atoms with Crippen LogP contribution >= 0.6 is 0 Å². The minimum Gasteiger partial charge on any atom is -0.385 e. The number of non-ortho nitro benzene ring substituents is 1. The molecule has 5 heteroatoms. The third-order valence-corrected chi connectivity index (χ3v) is 2.87. The smallest absolute Gasteiger partial charge is 0.273 e. The molecule has 0 heterocycles. The van der Waals surface area contributed by atoms with Gasteiger partial charge >= 0.3 is 0 Å². The Labute approximate surface area is 108 Å². The molecule has 0 radical (unpaired) electrons. The van der Waals surface area contributed by atoms with Crippen LogP contribution in [0.5, 0.6) is 0 Å². The van der Waals surface area contributed by atoms with Crippen molar-refractivity contribution >= 4 is 17.1 Å². The molecule has 0 unspecified atom stereocenters. The summed E-state index contributed by atoms with van der Waals surface area (Å²) in [6.07, 6.45) is 0.984. The van der Waals surface area contributed by atoms with E-state index in [1.165, 1.54) is 0 Å². The predicted molar refractivity (Wildman–Crippen MR) is 75.4 cm³/mol. The number of hydrogen-bond donors (Lipinski definition) is 1. The standard InChI is InChI=1S/C13H21N3O2/c1-5-6-14-11-7-12(15(4)10(2)3)9-13(8-11)16(17)18/h7-10,14H,5-6H2,1-4H3. The lowest BCUT2D eigenvalue weighted by Crippen LogP contribution is -2.25. The number of hydrogen-bond acceptors (Lipinski definition) is 4. The molecule has 100 valence electrons. The second-order valence-electron chi connectivity index (χ2n) is 4.63. The fraction of sp³-hybridized carbons (Fsp3) is 0.538. The van der Waals surface area contributed by atoms with Crippen molar-refractivity contribution in [3.63, 3.8) is 0 Å². The first-order chi connectivity index (χ1) is 8.45. The third-order valence-electron chi connectivity index (χ3n) is 2.87. The van der Waals surface area contributed by atoms with Crippen LogP contribution < -0.4 is 10.2 Å². The van der Waals surface area contributed by atoms with Gasteiger partial charge in [-0.3, -0.25) is 10.1 Å². The fourth-order valence-electron chi connectivity index (χ4n) is 1.57. The zero-order valence-electron chi connectivity index (χ0n) is 11.4. The van der Waals surface area contributed by atoms with Crippen LogP contribution in [-0.2, 0) is 0 Å². The monoisotopic (exact) mass is 251 g/mol. The SMILES string of the molecule is CCCNc1cc(N(C)C(C)C)cc([N+](=O)[O-])c1. The van der Waals surface area contributed by atoms with Crippen molar-refractivity contribution in [1.29, 1.82) is 0 Å². The zero-order chi connectivity index (χ0) is 13.7. The van der Waals surface area contributed by atoms with Gasteiger partial charge in [-0.15, -0.1) is 0 Å². The van der Waals surface area contributed by atoms with Crippen LogP contribution in [-0.4, -0.2) is 24.6 Å². The Balaban J connectivity index is 3.09.